The Labute approximate surface area is 190 Å². The molecule has 5 heteroatoms. The van der Waals surface area contributed by atoms with E-state index in [4.69, 9.17) is 23.7 Å². The SMILES string of the molecule is CCCOc1cc(OCCOCc2ccccc2)cc(OCCOCc2ccccc2)c1. The maximum atomic E-state index is 5.87. The molecule has 0 aliphatic carbocycles. The molecule has 0 atom stereocenters. The Kier molecular flexibility index (Phi) is 10.4. The van der Waals surface area contributed by atoms with Crippen molar-refractivity contribution >= 4 is 0 Å². The van der Waals surface area contributed by atoms with Crippen LogP contribution in [-0.2, 0) is 22.7 Å². The predicted molar refractivity (Wildman–Crippen MR) is 125 cm³/mol. The van der Waals surface area contributed by atoms with Crippen LogP contribution in [-0.4, -0.2) is 33.0 Å². The number of hydrogen-bond acceptors (Lipinski definition) is 5. The summed E-state index contributed by atoms with van der Waals surface area (Å²) in [5.74, 6) is 2.12. The van der Waals surface area contributed by atoms with Crippen LogP contribution in [0.15, 0.2) is 78.9 Å². The second-order valence-corrected chi connectivity index (χ2v) is 7.26. The fraction of sp³-hybridized carbons (Fsp3) is 0.333. The van der Waals surface area contributed by atoms with Crippen LogP contribution in [0.4, 0.5) is 0 Å². The molecule has 0 aliphatic heterocycles. The van der Waals surface area contributed by atoms with Crippen molar-refractivity contribution in [2.24, 2.45) is 0 Å². The van der Waals surface area contributed by atoms with E-state index in [0.29, 0.717) is 57.7 Å². The lowest BCUT2D eigenvalue weighted by atomic mass is 10.2. The first-order chi connectivity index (χ1) is 15.8. The summed E-state index contributed by atoms with van der Waals surface area (Å²) >= 11 is 0. The standard InChI is InChI=1S/C27H32O5/c1-2-13-30-25-18-26(31-16-14-28-21-23-9-5-3-6-10-23)20-27(19-25)32-17-15-29-22-24-11-7-4-8-12-24/h3-12,18-20H,2,13-17,21-22H2,1H3. The molecule has 0 aromatic heterocycles. The van der Waals surface area contributed by atoms with Crippen LogP contribution in [0.1, 0.15) is 24.5 Å². The van der Waals surface area contributed by atoms with Gasteiger partial charge in [0.2, 0.25) is 0 Å². The van der Waals surface area contributed by atoms with Gasteiger partial charge >= 0.3 is 0 Å². The van der Waals surface area contributed by atoms with Crippen LogP contribution < -0.4 is 14.2 Å². The van der Waals surface area contributed by atoms with E-state index in [0.717, 1.165) is 23.3 Å². The van der Waals surface area contributed by atoms with Gasteiger partial charge in [-0.1, -0.05) is 67.6 Å². The summed E-state index contributed by atoms with van der Waals surface area (Å²) in [5.41, 5.74) is 2.29. The van der Waals surface area contributed by atoms with Crippen LogP contribution in [0.5, 0.6) is 17.2 Å². The molecule has 0 aliphatic rings. The van der Waals surface area contributed by atoms with Crippen molar-refractivity contribution in [1.82, 2.24) is 0 Å². The molecule has 0 heterocycles. The molecule has 170 valence electrons. The highest BCUT2D eigenvalue weighted by molar-refractivity contribution is 5.42. The summed E-state index contributed by atoms with van der Waals surface area (Å²) in [5, 5.41) is 0. The molecular formula is C27H32O5. The van der Waals surface area contributed by atoms with Crippen molar-refractivity contribution in [3.63, 3.8) is 0 Å². The lowest BCUT2D eigenvalue weighted by Gasteiger charge is -2.13. The minimum absolute atomic E-state index is 0.448. The van der Waals surface area contributed by atoms with Gasteiger partial charge in [-0.25, -0.2) is 0 Å². The average Bonchev–Trinajstić information content (AvgIpc) is 2.83. The molecule has 0 bridgehead atoms. The van der Waals surface area contributed by atoms with E-state index < -0.39 is 0 Å². The molecule has 0 saturated heterocycles. The largest absolute Gasteiger partial charge is 0.493 e. The first-order valence-electron chi connectivity index (χ1n) is 11.1. The predicted octanol–water partition coefficient (Wildman–Crippen LogP) is 5.67. The molecule has 32 heavy (non-hydrogen) atoms. The molecule has 0 fully saturated rings. The van der Waals surface area contributed by atoms with Gasteiger partial charge < -0.3 is 23.7 Å². The highest BCUT2D eigenvalue weighted by Crippen LogP contribution is 2.28. The van der Waals surface area contributed by atoms with E-state index in [1.54, 1.807) is 0 Å². The van der Waals surface area contributed by atoms with Crippen molar-refractivity contribution in [3.05, 3.63) is 90.0 Å². The summed E-state index contributed by atoms with van der Waals surface area (Å²) in [6.45, 7) is 5.75. The van der Waals surface area contributed by atoms with Crippen LogP contribution in [0.3, 0.4) is 0 Å². The molecule has 0 saturated carbocycles. The van der Waals surface area contributed by atoms with Gasteiger partial charge in [0.05, 0.1) is 33.0 Å². The highest BCUT2D eigenvalue weighted by Gasteiger charge is 2.05. The molecule has 0 N–H and O–H groups in total. The fourth-order valence-corrected chi connectivity index (χ4v) is 2.98. The van der Waals surface area contributed by atoms with E-state index in [1.165, 1.54) is 0 Å². The Bertz CT molecular complexity index is 815. The second kappa shape index (κ2) is 14.1. The van der Waals surface area contributed by atoms with Gasteiger partial charge in [-0.3, -0.25) is 0 Å². The van der Waals surface area contributed by atoms with Gasteiger partial charge in [0.15, 0.2) is 0 Å². The molecule has 0 spiro atoms. The number of benzene rings is 3. The number of ether oxygens (including phenoxy) is 5. The monoisotopic (exact) mass is 436 g/mol. The summed E-state index contributed by atoms with van der Waals surface area (Å²) in [4.78, 5) is 0. The zero-order valence-corrected chi connectivity index (χ0v) is 18.7. The Morgan fingerprint density at radius 2 is 0.906 bits per heavy atom. The van der Waals surface area contributed by atoms with Gasteiger partial charge in [-0.05, 0) is 17.5 Å². The molecule has 3 rings (SSSR count). The summed E-state index contributed by atoms with van der Waals surface area (Å²) in [6, 6.07) is 25.8. The minimum Gasteiger partial charge on any atom is -0.493 e. The van der Waals surface area contributed by atoms with Crippen LogP contribution >= 0.6 is 0 Å². The third-order valence-electron chi connectivity index (χ3n) is 4.54. The van der Waals surface area contributed by atoms with E-state index in [-0.39, 0.29) is 0 Å². The van der Waals surface area contributed by atoms with Crippen molar-refractivity contribution in [1.29, 1.82) is 0 Å². The maximum absolute atomic E-state index is 5.87. The van der Waals surface area contributed by atoms with Crippen LogP contribution in [0.2, 0.25) is 0 Å². The van der Waals surface area contributed by atoms with Crippen LogP contribution in [0.25, 0.3) is 0 Å². The molecule has 5 nitrogen and oxygen atoms in total. The van der Waals surface area contributed by atoms with E-state index >= 15 is 0 Å². The Hall–Kier alpha value is -3.02. The Morgan fingerprint density at radius 1 is 0.500 bits per heavy atom. The number of rotatable bonds is 15. The van der Waals surface area contributed by atoms with Crippen molar-refractivity contribution in [2.75, 3.05) is 33.0 Å². The second-order valence-electron chi connectivity index (χ2n) is 7.26. The zero-order chi connectivity index (χ0) is 22.3. The molecule has 0 radical (unpaired) electrons. The third-order valence-corrected chi connectivity index (χ3v) is 4.54. The summed E-state index contributed by atoms with van der Waals surface area (Å²) < 4.78 is 28.9. The lowest BCUT2D eigenvalue weighted by molar-refractivity contribution is 0.0864. The van der Waals surface area contributed by atoms with Gasteiger partial charge in [0, 0.05) is 18.2 Å². The average molecular weight is 437 g/mol. The van der Waals surface area contributed by atoms with Gasteiger partial charge in [0.25, 0.3) is 0 Å². The van der Waals surface area contributed by atoms with Crippen molar-refractivity contribution in [2.45, 2.75) is 26.6 Å². The molecule has 3 aromatic carbocycles. The summed E-state index contributed by atoms with van der Waals surface area (Å²) in [6.07, 6.45) is 0.932. The van der Waals surface area contributed by atoms with Gasteiger partial charge in [-0.2, -0.15) is 0 Å². The van der Waals surface area contributed by atoms with E-state index in [2.05, 4.69) is 6.92 Å². The van der Waals surface area contributed by atoms with E-state index in [1.807, 2.05) is 78.9 Å². The lowest BCUT2D eigenvalue weighted by Crippen LogP contribution is -2.09. The Balaban J connectivity index is 1.43. The molecule has 0 amide bonds. The molecule has 0 unspecified atom stereocenters. The topological polar surface area (TPSA) is 46.2 Å². The minimum atomic E-state index is 0.448. The van der Waals surface area contributed by atoms with E-state index in [9.17, 15) is 0 Å². The molecule has 3 aromatic rings. The maximum Gasteiger partial charge on any atom is 0.126 e. The summed E-state index contributed by atoms with van der Waals surface area (Å²) in [7, 11) is 0. The van der Waals surface area contributed by atoms with Gasteiger partial charge in [0.1, 0.15) is 30.5 Å². The van der Waals surface area contributed by atoms with Crippen LogP contribution in [0, 0.1) is 0 Å². The highest BCUT2D eigenvalue weighted by atomic mass is 16.5. The number of hydrogen-bond donors (Lipinski definition) is 0. The Morgan fingerprint density at radius 3 is 1.31 bits per heavy atom. The fourth-order valence-electron chi connectivity index (χ4n) is 2.98. The zero-order valence-electron chi connectivity index (χ0n) is 18.7. The molecular weight excluding hydrogens is 404 g/mol. The van der Waals surface area contributed by atoms with Crippen molar-refractivity contribution < 1.29 is 23.7 Å². The smallest absolute Gasteiger partial charge is 0.126 e. The quantitative estimate of drug-likeness (QED) is 0.287. The van der Waals surface area contributed by atoms with Crippen molar-refractivity contribution in [3.8, 4) is 17.2 Å². The normalized spacial score (nSPS) is 10.7. The first-order valence-corrected chi connectivity index (χ1v) is 11.1. The first kappa shape index (κ1) is 23.6. The van der Waals surface area contributed by atoms with Gasteiger partial charge in [-0.15, -0.1) is 0 Å². The third kappa shape index (κ3) is 9.00.